The number of halogens is 3. The van der Waals surface area contributed by atoms with Crippen molar-refractivity contribution in [2.45, 2.75) is 6.36 Å². The minimum absolute atomic E-state index is 0.303. The highest BCUT2D eigenvalue weighted by Crippen LogP contribution is 2.28. The lowest BCUT2D eigenvalue weighted by Gasteiger charge is -2.26. The van der Waals surface area contributed by atoms with E-state index in [1.165, 1.54) is 22.7 Å². The lowest BCUT2D eigenvalue weighted by atomic mass is 10.1. The number of benzene rings is 1. The molecule has 4 rings (SSSR count). The summed E-state index contributed by atoms with van der Waals surface area (Å²) < 4.78 is 54.1. The van der Waals surface area contributed by atoms with E-state index in [9.17, 15) is 13.2 Å². The van der Waals surface area contributed by atoms with Gasteiger partial charge in [-0.1, -0.05) is 12.1 Å². The third-order valence-electron chi connectivity index (χ3n) is 4.46. The molecule has 10 heteroatoms. The second kappa shape index (κ2) is 8.26. The Morgan fingerprint density at radius 1 is 1.10 bits per heavy atom. The molecule has 3 heterocycles. The quantitative estimate of drug-likeness (QED) is 0.625. The van der Waals surface area contributed by atoms with Crippen LogP contribution in [0.1, 0.15) is 0 Å². The van der Waals surface area contributed by atoms with Crippen molar-refractivity contribution in [3.8, 4) is 22.9 Å². The van der Waals surface area contributed by atoms with E-state index in [4.69, 9.17) is 9.47 Å². The number of hydrogen-bond acceptors (Lipinski definition) is 6. The first-order valence-corrected chi connectivity index (χ1v) is 9.12. The van der Waals surface area contributed by atoms with Crippen LogP contribution in [0.25, 0.3) is 16.9 Å². The number of nitrogens with zero attached hydrogens (tertiary/aromatic N) is 4. The van der Waals surface area contributed by atoms with E-state index in [1.807, 2.05) is 0 Å². The summed E-state index contributed by atoms with van der Waals surface area (Å²) in [5, 5.41) is 4.42. The van der Waals surface area contributed by atoms with Crippen molar-refractivity contribution >= 4 is 5.65 Å². The zero-order valence-corrected chi connectivity index (χ0v) is 15.4. The van der Waals surface area contributed by atoms with Crippen LogP contribution in [0.5, 0.6) is 11.6 Å². The molecule has 1 saturated heterocycles. The fraction of sp³-hybridized carbons (Fsp3) is 0.368. The van der Waals surface area contributed by atoms with Crippen LogP contribution in [-0.4, -0.2) is 65.3 Å². The first-order chi connectivity index (χ1) is 14.0. The van der Waals surface area contributed by atoms with E-state index in [2.05, 4.69) is 19.7 Å². The summed E-state index contributed by atoms with van der Waals surface area (Å²) in [5.41, 5.74) is 1.59. The van der Waals surface area contributed by atoms with Crippen LogP contribution in [0.2, 0.25) is 0 Å². The van der Waals surface area contributed by atoms with Gasteiger partial charge in [-0.3, -0.25) is 4.90 Å². The minimum atomic E-state index is -4.75. The molecule has 154 valence electrons. The molecule has 0 saturated carbocycles. The predicted octanol–water partition coefficient (Wildman–Crippen LogP) is 3.01. The van der Waals surface area contributed by atoms with E-state index in [0.29, 0.717) is 29.4 Å². The normalized spacial score (nSPS) is 15.6. The lowest BCUT2D eigenvalue weighted by Crippen LogP contribution is -2.38. The van der Waals surface area contributed by atoms with Gasteiger partial charge in [0.1, 0.15) is 12.4 Å². The molecule has 0 amide bonds. The number of hydrogen-bond donors (Lipinski definition) is 0. The molecule has 1 fully saturated rings. The van der Waals surface area contributed by atoms with E-state index in [0.717, 1.165) is 32.8 Å². The van der Waals surface area contributed by atoms with Crippen molar-refractivity contribution in [3.05, 3.63) is 42.6 Å². The van der Waals surface area contributed by atoms with Crippen molar-refractivity contribution in [1.82, 2.24) is 19.5 Å². The molecule has 29 heavy (non-hydrogen) atoms. The Morgan fingerprint density at radius 3 is 2.72 bits per heavy atom. The van der Waals surface area contributed by atoms with Crippen LogP contribution in [0.4, 0.5) is 13.2 Å². The monoisotopic (exact) mass is 408 g/mol. The SMILES string of the molecule is FC(F)(F)Oc1cccc(-c2cnc3ccc(OCCN4CCOCC4)nn23)c1. The van der Waals surface area contributed by atoms with Crippen molar-refractivity contribution in [1.29, 1.82) is 0 Å². The lowest BCUT2D eigenvalue weighted by molar-refractivity contribution is -0.274. The van der Waals surface area contributed by atoms with Crippen LogP contribution in [0, 0.1) is 0 Å². The number of imidazole rings is 1. The Labute approximate surface area is 164 Å². The number of fused-ring (bicyclic) bond motifs is 1. The number of aromatic nitrogens is 3. The second-order valence-corrected chi connectivity index (χ2v) is 6.46. The first kappa shape index (κ1) is 19.5. The second-order valence-electron chi connectivity index (χ2n) is 6.46. The van der Waals surface area contributed by atoms with Crippen LogP contribution < -0.4 is 9.47 Å². The maximum Gasteiger partial charge on any atom is 0.573 e. The van der Waals surface area contributed by atoms with Crippen molar-refractivity contribution in [3.63, 3.8) is 0 Å². The summed E-state index contributed by atoms with van der Waals surface area (Å²) in [7, 11) is 0. The van der Waals surface area contributed by atoms with Gasteiger partial charge in [-0.25, -0.2) is 9.50 Å². The number of alkyl halides is 3. The Kier molecular flexibility index (Phi) is 5.54. The number of ether oxygens (including phenoxy) is 3. The summed E-state index contributed by atoms with van der Waals surface area (Å²) >= 11 is 0. The average Bonchev–Trinajstić information content (AvgIpc) is 3.11. The maximum atomic E-state index is 12.5. The standard InChI is InChI=1S/C19H19F3N4O3/c20-19(21,22)29-15-3-1-2-14(12-15)16-13-23-17-4-5-18(24-26(16)17)28-11-8-25-6-9-27-10-7-25/h1-5,12-13H,6-11H2. The molecular formula is C19H19F3N4O3. The van der Waals surface area contributed by atoms with Crippen molar-refractivity contribution < 1.29 is 27.4 Å². The zero-order chi connectivity index (χ0) is 20.3. The molecule has 0 N–H and O–H groups in total. The van der Waals surface area contributed by atoms with Gasteiger partial charge in [0.15, 0.2) is 5.65 Å². The van der Waals surface area contributed by atoms with E-state index in [1.54, 1.807) is 24.4 Å². The minimum Gasteiger partial charge on any atom is -0.475 e. The highest BCUT2D eigenvalue weighted by molar-refractivity contribution is 5.64. The summed E-state index contributed by atoms with van der Waals surface area (Å²) in [5.74, 6) is 0.107. The van der Waals surface area contributed by atoms with Gasteiger partial charge in [-0.15, -0.1) is 18.3 Å². The van der Waals surface area contributed by atoms with Crippen molar-refractivity contribution in [2.75, 3.05) is 39.5 Å². The topological polar surface area (TPSA) is 61.1 Å². The Balaban J connectivity index is 1.50. The van der Waals surface area contributed by atoms with Gasteiger partial charge in [0.2, 0.25) is 5.88 Å². The fourth-order valence-corrected chi connectivity index (χ4v) is 3.09. The summed E-state index contributed by atoms with van der Waals surface area (Å²) in [4.78, 5) is 6.50. The Bertz CT molecular complexity index is 971. The highest BCUT2D eigenvalue weighted by Gasteiger charge is 2.31. The van der Waals surface area contributed by atoms with Gasteiger partial charge in [0.25, 0.3) is 0 Å². The molecule has 0 atom stereocenters. The third kappa shape index (κ3) is 4.96. The molecule has 0 unspecified atom stereocenters. The smallest absolute Gasteiger partial charge is 0.475 e. The molecule has 3 aromatic rings. The number of rotatable bonds is 6. The Morgan fingerprint density at radius 2 is 1.93 bits per heavy atom. The zero-order valence-electron chi connectivity index (χ0n) is 15.4. The van der Waals surface area contributed by atoms with Gasteiger partial charge in [0, 0.05) is 31.3 Å². The Hall–Kier alpha value is -2.85. The summed E-state index contributed by atoms with van der Waals surface area (Å²) in [6.45, 7) is 4.42. The largest absolute Gasteiger partial charge is 0.573 e. The third-order valence-corrected chi connectivity index (χ3v) is 4.46. The van der Waals surface area contributed by atoms with Crippen LogP contribution in [-0.2, 0) is 4.74 Å². The van der Waals surface area contributed by atoms with Crippen LogP contribution >= 0.6 is 0 Å². The number of morpholine rings is 1. The fourth-order valence-electron chi connectivity index (χ4n) is 3.09. The molecule has 7 nitrogen and oxygen atoms in total. The molecule has 0 radical (unpaired) electrons. The molecule has 0 aliphatic carbocycles. The summed E-state index contributed by atoms with van der Waals surface area (Å²) in [6.07, 6.45) is -3.20. The van der Waals surface area contributed by atoms with Crippen LogP contribution in [0.3, 0.4) is 0 Å². The van der Waals surface area contributed by atoms with Gasteiger partial charge in [-0.05, 0) is 18.2 Å². The van der Waals surface area contributed by atoms with Gasteiger partial charge >= 0.3 is 6.36 Å². The van der Waals surface area contributed by atoms with E-state index in [-0.39, 0.29) is 5.75 Å². The molecule has 2 aromatic heterocycles. The van der Waals surface area contributed by atoms with Gasteiger partial charge in [0.05, 0.1) is 25.1 Å². The maximum absolute atomic E-state index is 12.5. The molecule has 0 spiro atoms. The van der Waals surface area contributed by atoms with E-state index < -0.39 is 6.36 Å². The predicted molar refractivity (Wildman–Crippen MR) is 97.9 cm³/mol. The van der Waals surface area contributed by atoms with Crippen LogP contribution in [0.15, 0.2) is 42.6 Å². The highest BCUT2D eigenvalue weighted by atomic mass is 19.4. The molecule has 1 aliphatic heterocycles. The molecule has 1 aliphatic rings. The van der Waals surface area contributed by atoms with Crippen molar-refractivity contribution in [2.24, 2.45) is 0 Å². The molecule has 0 bridgehead atoms. The van der Waals surface area contributed by atoms with Gasteiger partial charge < -0.3 is 14.2 Å². The summed E-state index contributed by atoms with van der Waals surface area (Å²) in [6, 6.07) is 9.16. The molecule has 1 aromatic carbocycles. The average molecular weight is 408 g/mol. The van der Waals surface area contributed by atoms with E-state index >= 15 is 0 Å². The molecular weight excluding hydrogens is 389 g/mol. The van der Waals surface area contributed by atoms with Gasteiger partial charge in [-0.2, -0.15) is 0 Å². The first-order valence-electron chi connectivity index (χ1n) is 9.12.